The molecule has 2 amide bonds. The molecule has 0 spiro atoms. The number of unbranched alkanes of at least 4 members (excludes halogenated alkanes) is 2. The Kier molecular flexibility index (Phi) is 22.5. The van der Waals surface area contributed by atoms with Crippen molar-refractivity contribution in [2.24, 2.45) is 11.5 Å². The van der Waals surface area contributed by atoms with Gasteiger partial charge in [-0.25, -0.2) is 0 Å². The Bertz CT molecular complexity index is 311. The third kappa shape index (κ3) is 24.6. The van der Waals surface area contributed by atoms with E-state index in [0.717, 1.165) is 5.25 Å². The number of carbonyl (C=O) groups is 2. The van der Waals surface area contributed by atoms with Gasteiger partial charge in [0.05, 0.1) is 0 Å². The van der Waals surface area contributed by atoms with Crippen molar-refractivity contribution in [3.63, 3.8) is 0 Å². The fourth-order valence-electron chi connectivity index (χ4n) is 1.40. The van der Waals surface area contributed by atoms with Crippen LogP contribution in [0.3, 0.4) is 0 Å². The van der Waals surface area contributed by atoms with E-state index in [9.17, 15) is 0 Å². The van der Waals surface area contributed by atoms with Crippen molar-refractivity contribution in [3.05, 3.63) is 11.0 Å². The Balaban J connectivity index is -0.000000338. The van der Waals surface area contributed by atoms with Gasteiger partial charge in [0.25, 0.3) is 0 Å². The van der Waals surface area contributed by atoms with Crippen molar-refractivity contribution >= 4 is 33.8 Å². The van der Waals surface area contributed by atoms with E-state index in [2.05, 4.69) is 42.2 Å². The second-order valence-corrected chi connectivity index (χ2v) is 6.80. The SMILES string of the molecule is CCCCC1=CC(CCCC)SS1.NC(=O)[O-].NC(=O)[O-].[Zn+2]. The molecule has 22 heavy (non-hydrogen) atoms. The molecule has 0 saturated carbocycles. The summed E-state index contributed by atoms with van der Waals surface area (Å²) in [5.41, 5.74) is 7.83. The van der Waals surface area contributed by atoms with Crippen LogP contribution in [0.25, 0.3) is 0 Å². The summed E-state index contributed by atoms with van der Waals surface area (Å²) >= 11 is 0. The van der Waals surface area contributed by atoms with Crippen LogP contribution in [-0.4, -0.2) is 17.4 Å². The van der Waals surface area contributed by atoms with Gasteiger partial charge >= 0.3 is 19.5 Å². The molecule has 0 fully saturated rings. The van der Waals surface area contributed by atoms with Gasteiger partial charge in [0.1, 0.15) is 12.2 Å². The number of hydrogen-bond acceptors (Lipinski definition) is 6. The normalized spacial score (nSPS) is 15.2. The first-order chi connectivity index (χ1) is 9.83. The molecule has 0 aromatic rings. The number of allylic oxidation sites excluding steroid dienone is 1. The van der Waals surface area contributed by atoms with Gasteiger partial charge in [-0.1, -0.05) is 60.8 Å². The van der Waals surface area contributed by atoms with Crippen molar-refractivity contribution < 1.29 is 39.3 Å². The van der Waals surface area contributed by atoms with Gasteiger partial charge in [-0.3, -0.25) is 0 Å². The van der Waals surface area contributed by atoms with Gasteiger partial charge in [0.2, 0.25) is 0 Å². The Morgan fingerprint density at radius 3 is 2.00 bits per heavy atom. The zero-order valence-electron chi connectivity index (χ0n) is 13.2. The Morgan fingerprint density at radius 1 is 1.14 bits per heavy atom. The van der Waals surface area contributed by atoms with Crippen molar-refractivity contribution in [1.82, 2.24) is 0 Å². The predicted octanol–water partition coefficient (Wildman–Crippen LogP) is 1.59. The maximum atomic E-state index is 8.67. The second kappa shape index (κ2) is 18.7. The van der Waals surface area contributed by atoms with Crippen LogP contribution in [0.5, 0.6) is 0 Å². The van der Waals surface area contributed by atoms with E-state index < -0.39 is 12.2 Å². The molecule has 0 saturated heterocycles. The number of carboxylic acid groups (broad SMARTS) is 2. The minimum Gasteiger partial charge on any atom is -0.530 e. The summed E-state index contributed by atoms with van der Waals surface area (Å²) in [6.07, 6.45) is 7.43. The average molecular weight is 402 g/mol. The molecule has 1 aliphatic heterocycles. The molecule has 1 unspecified atom stereocenters. The van der Waals surface area contributed by atoms with Crippen LogP contribution >= 0.6 is 21.6 Å². The van der Waals surface area contributed by atoms with Crippen LogP contribution < -0.4 is 21.7 Å². The van der Waals surface area contributed by atoms with Crippen molar-refractivity contribution in [2.75, 3.05) is 0 Å². The van der Waals surface area contributed by atoms with Crippen LogP contribution in [0.15, 0.2) is 11.0 Å². The number of hydrogen-bond donors (Lipinski definition) is 2. The first-order valence-corrected chi connectivity index (χ1v) is 9.01. The molecule has 1 aliphatic rings. The first kappa shape index (κ1) is 26.5. The fourth-order valence-corrected chi connectivity index (χ4v) is 4.28. The first-order valence-electron chi connectivity index (χ1n) is 6.80. The topological polar surface area (TPSA) is 132 Å². The van der Waals surface area contributed by atoms with E-state index >= 15 is 0 Å². The molecule has 0 radical (unpaired) electrons. The number of amides is 2. The van der Waals surface area contributed by atoms with Gasteiger partial charge in [0.15, 0.2) is 0 Å². The summed E-state index contributed by atoms with van der Waals surface area (Å²) in [6.45, 7) is 4.54. The molecule has 4 N–H and O–H groups in total. The molecule has 124 valence electrons. The maximum Gasteiger partial charge on any atom is 2.00 e. The molecule has 9 heteroatoms. The van der Waals surface area contributed by atoms with E-state index in [1.165, 1.54) is 38.5 Å². The quantitative estimate of drug-likeness (QED) is 0.513. The molecule has 0 aromatic heterocycles. The van der Waals surface area contributed by atoms with Crippen LogP contribution in [0.2, 0.25) is 0 Å². The minimum atomic E-state index is -1.58. The number of primary amides is 2. The average Bonchev–Trinajstić information content (AvgIpc) is 2.80. The molecule has 0 aliphatic carbocycles. The molecule has 1 heterocycles. The van der Waals surface area contributed by atoms with Crippen molar-refractivity contribution in [1.29, 1.82) is 0 Å². The largest absolute Gasteiger partial charge is 2.00 e. The second-order valence-electron chi connectivity index (χ2n) is 4.23. The molecule has 1 rings (SSSR count). The van der Waals surface area contributed by atoms with Gasteiger partial charge in [-0.05, 0) is 24.2 Å². The Labute approximate surface area is 153 Å². The van der Waals surface area contributed by atoms with E-state index in [1.54, 1.807) is 4.91 Å². The minimum absolute atomic E-state index is 0. The number of nitrogens with two attached hydrogens (primary N) is 2. The summed E-state index contributed by atoms with van der Waals surface area (Å²) in [4.78, 5) is 19.0. The molecule has 6 nitrogen and oxygen atoms in total. The summed E-state index contributed by atoms with van der Waals surface area (Å²) < 4.78 is 0. The van der Waals surface area contributed by atoms with Crippen molar-refractivity contribution in [2.45, 2.75) is 57.6 Å². The van der Waals surface area contributed by atoms with E-state index in [4.69, 9.17) is 19.8 Å². The van der Waals surface area contributed by atoms with Crippen LogP contribution in [-0.2, 0) is 19.5 Å². The van der Waals surface area contributed by atoms with E-state index in [1.807, 2.05) is 10.8 Å². The van der Waals surface area contributed by atoms with Crippen LogP contribution in [0.1, 0.15) is 52.4 Å². The van der Waals surface area contributed by atoms with Gasteiger partial charge in [0, 0.05) is 5.25 Å². The van der Waals surface area contributed by atoms with E-state index in [-0.39, 0.29) is 19.5 Å². The molecular formula is C13H24N2O4S2Zn. The van der Waals surface area contributed by atoms with Gasteiger partial charge < -0.3 is 31.3 Å². The zero-order chi connectivity index (χ0) is 16.7. The fraction of sp³-hybridized carbons (Fsp3) is 0.692. The van der Waals surface area contributed by atoms with Crippen LogP contribution in [0.4, 0.5) is 9.59 Å². The summed E-state index contributed by atoms with van der Waals surface area (Å²) in [5, 5.41) is 18.1. The number of carbonyl (C=O) groups excluding carboxylic acids is 2. The Hall–Kier alpha value is -0.397. The number of rotatable bonds is 6. The standard InChI is InChI=1S/C11H20S2.2CH3NO2.Zn/c1-3-5-7-10-9-11(13-12-10)8-6-4-2;2*2-1(3)4;/h9-10H,3-8H2,1-2H3;2*2H2,(H,3,4);/q;;;+2/p-2. The Morgan fingerprint density at radius 2 is 1.59 bits per heavy atom. The smallest absolute Gasteiger partial charge is 0.530 e. The molecule has 1 atom stereocenters. The predicted molar refractivity (Wildman–Crippen MR) is 85.3 cm³/mol. The summed E-state index contributed by atoms with van der Waals surface area (Å²) in [6, 6.07) is 0. The van der Waals surface area contributed by atoms with Crippen molar-refractivity contribution in [3.8, 4) is 0 Å². The van der Waals surface area contributed by atoms with Gasteiger partial charge in [-0.15, -0.1) is 0 Å². The monoisotopic (exact) mass is 400 g/mol. The third-order valence-electron chi connectivity index (χ3n) is 2.27. The molecule has 0 bridgehead atoms. The van der Waals surface area contributed by atoms with Gasteiger partial charge in [-0.2, -0.15) is 0 Å². The zero-order valence-corrected chi connectivity index (χ0v) is 17.8. The maximum absolute atomic E-state index is 8.67. The van der Waals surface area contributed by atoms with Crippen LogP contribution in [0, 0.1) is 0 Å². The summed E-state index contributed by atoms with van der Waals surface area (Å²) in [5.74, 6) is 0. The molecule has 0 aromatic carbocycles. The third-order valence-corrected chi connectivity index (χ3v) is 5.21. The van der Waals surface area contributed by atoms with E-state index in [0.29, 0.717) is 0 Å². The summed E-state index contributed by atoms with van der Waals surface area (Å²) in [7, 11) is 4.08. The molecular weight excluding hydrogens is 378 g/mol.